The summed E-state index contributed by atoms with van der Waals surface area (Å²) >= 11 is 5.75. The molecule has 6 heteroatoms. The maximum Gasteiger partial charge on any atom is 0.289 e. The smallest absolute Gasteiger partial charge is 0.289 e. The predicted octanol–water partition coefficient (Wildman–Crippen LogP) is 2.08. The Hall–Kier alpha value is -1.33. The Morgan fingerprint density at radius 1 is 1.38 bits per heavy atom. The van der Waals surface area contributed by atoms with Crippen LogP contribution in [0.25, 0.3) is 0 Å². The average molecular weight is 243 g/mol. The fourth-order valence-corrected chi connectivity index (χ4v) is 1.85. The maximum atomic E-state index is 10.7. The van der Waals surface area contributed by atoms with Crippen molar-refractivity contribution in [1.29, 1.82) is 0 Å². The van der Waals surface area contributed by atoms with Crippen LogP contribution in [-0.2, 0) is 4.74 Å². The van der Waals surface area contributed by atoms with Gasteiger partial charge >= 0.3 is 0 Å². The zero-order chi connectivity index (χ0) is 11.5. The first kappa shape index (κ1) is 11.2. The maximum absolute atomic E-state index is 10.7. The van der Waals surface area contributed by atoms with Gasteiger partial charge in [-0.05, 0) is 12.1 Å². The quantitative estimate of drug-likeness (QED) is 0.589. The zero-order valence-electron chi connectivity index (χ0n) is 8.56. The minimum absolute atomic E-state index is 0.0503. The topological polar surface area (TPSA) is 55.6 Å². The van der Waals surface area contributed by atoms with E-state index in [0.29, 0.717) is 13.2 Å². The van der Waals surface area contributed by atoms with Crippen LogP contribution in [-0.4, -0.2) is 31.2 Å². The van der Waals surface area contributed by atoms with Crippen molar-refractivity contribution in [2.75, 3.05) is 31.2 Å². The molecular formula is C10H11ClN2O3. The van der Waals surface area contributed by atoms with Crippen molar-refractivity contribution in [3.05, 3.63) is 33.3 Å². The van der Waals surface area contributed by atoms with Crippen LogP contribution in [0.1, 0.15) is 0 Å². The van der Waals surface area contributed by atoms with E-state index in [2.05, 4.69) is 0 Å². The number of rotatable bonds is 2. The van der Waals surface area contributed by atoms with Crippen LogP contribution in [0.4, 0.5) is 11.4 Å². The van der Waals surface area contributed by atoms with E-state index >= 15 is 0 Å². The first-order valence-corrected chi connectivity index (χ1v) is 5.33. The van der Waals surface area contributed by atoms with Gasteiger partial charge in [0, 0.05) is 24.8 Å². The van der Waals surface area contributed by atoms with Crippen LogP contribution in [0.3, 0.4) is 0 Å². The molecule has 0 spiro atoms. The van der Waals surface area contributed by atoms with E-state index in [1.54, 1.807) is 12.1 Å². The first-order valence-electron chi connectivity index (χ1n) is 4.95. The molecule has 5 nitrogen and oxygen atoms in total. The van der Waals surface area contributed by atoms with E-state index in [-0.39, 0.29) is 10.7 Å². The predicted molar refractivity (Wildman–Crippen MR) is 61.1 cm³/mol. The van der Waals surface area contributed by atoms with E-state index in [1.165, 1.54) is 6.07 Å². The Bertz CT molecular complexity index is 405. The number of nitro groups is 1. The number of nitrogens with zero attached hydrogens (tertiary/aromatic N) is 2. The minimum Gasteiger partial charge on any atom is -0.378 e. The highest BCUT2D eigenvalue weighted by atomic mass is 35.5. The molecule has 0 N–H and O–H groups in total. The molecule has 1 aromatic carbocycles. The Kier molecular flexibility index (Phi) is 3.26. The van der Waals surface area contributed by atoms with Crippen LogP contribution in [0, 0.1) is 10.1 Å². The van der Waals surface area contributed by atoms with Gasteiger partial charge in [0.15, 0.2) is 0 Å². The molecule has 0 amide bonds. The number of anilines is 1. The summed E-state index contributed by atoms with van der Waals surface area (Å²) < 4.78 is 5.22. The second kappa shape index (κ2) is 4.67. The molecule has 0 atom stereocenters. The van der Waals surface area contributed by atoms with Crippen LogP contribution in [0.5, 0.6) is 0 Å². The third-order valence-electron chi connectivity index (χ3n) is 2.50. The lowest BCUT2D eigenvalue weighted by molar-refractivity contribution is -0.384. The lowest BCUT2D eigenvalue weighted by atomic mass is 10.2. The van der Waals surface area contributed by atoms with Crippen LogP contribution >= 0.6 is 11.6 Å². The van der Waals surface area contributed by atoms with Crippen molar-refractivity contribution in [3.63, 3.8) is 0 Å². The van der Waals surface area contributed by atoms with Gasteiger partial charge in [-0.1, -0.05) is 11.6 Å². The summed E-state index contributed by atoms with van der Waals surface area (Å²) in [5.74, 6) is 0. The molecular weight excluding hydrogens is 232 g/mol. The largest absolute Gasteiger partial charge is 0.378 e. The molecule has 1 aromatic rings. The second-order valence-electron chi connectivity index (χ2n) is 3.49. The molecule has 0 unspecified atom stereocenters. The number of morpholine rings is 1. The molecule has 0 bridgehead atoms. The normalized spacial score (nSPS) is 16.2. The van der Waals surface area contributed by atoms with Crippen LogP contribution in [0.2, 0.25) is 5.02 Å². The van der Waals surface area contributed by atoms with Gasteiger partial charge < -0.3 is 9.64 Å². The molecule has 0 radical (unpaired) electrons. The van der Waals surface area contributed by atoms with Crippen LogP contribution < -0.4 is 4.90 Å². The zero-order valence-corrected chi connectivity index (χ0v) is 9.31. The highest BCUT2D eigenvalue weighted by molar-refractivity contribution is 6.32. The Morgan fingerprint density at radius 2 is 2.06 bits per heavy atom. The van der Waals surface area contributed by atoms with E-state index in [1.807, 2.05) is 4.90 Å². The third kappa shape index (κ3) is 2.25. The summed E-state index contributed by atoms with van der Waals surface area (Å²) in [5.41, 5.74) is 0.769. The van der Waals surface area contributed by atoms with Crippen molar-refractivity contribution < 1.29 is 9.66 Å². The fourth-order valence-electron chi connectivity index (χ4n) is 1.66. The standard InChI is InChI=1S/C10H11ClN2O3/c11-9-2-1-8(7-10(9)13(14)15)12-3-5-16-6-4-12/h1-2,7H,3-6H2. The average Bonchev–Trinajstić information content (AvgIpc) is 2.30. The molecule has 0 saturated carbocycles. The minimum atomic E-state index is -0.466. The van der Waals surface area contributed by atoms with E-state index in [4.69, 9.17) is 16.3 Å². The molecule has 1 heterocycles. The highest BCUT2D eigenvalue weighted by Crippen LogP contribution is 2.29. The van der Waals surface area contributed by atoms with E-state index < -0.39 is 4.92 Å². The SMILES string of the molecule is O=[N+]([O-])c1cc(N2CCOCC2)ccc1Cl. The van der Waals surface area contributed by atoms with Gasteiger partial charge in [-0.2, -0.15) is 0 Å². The summed E-state index contributed by atoms with van der Waals surface area (Å²) in [6, 6.07) is 4.86. The summed E-state index contributed by atoms with van der Waals surface area (Å²) in [7, 11) is 0. The van der Waals surface area contributed by atoms with Crippen molar-refractivity contribution in [2.45, 2.75) is 0 Å². The van der Waals surface area contributed by atoms with Gasteiger partial charge in [-0.15, -0.1) is 0 Å². The van der Waals surface area contributed by atoms with Gasteiger partial charge in [-0.25, -0.2) is 0 Å². The van der Waals surface area contributed by atoms with Gasteiger partial charge in [0.1, 0.15) is 5.02 Å². The van der Waals surface area contributed by atoms with Gasteiger partial charge in [-0.3, -0.25) is 10.1 Å². The van der Waals surface area contributed by atoms with E-state index in [0.717, 1.165) is 18.8 Å². The Labute approximate surface area is 97.7 Å². The Morgan fingerprint density at radius 3 is 2.69 bits per heavy atom. The fraction of sp³-hybridized carbons (Fsp3) is 0.400. The molecule has 1 fully saturated rings. The monoisotopic (exact) mass is 242 g/mol. The number of nitro benzene ring substituents is 1. The molecule has 86 valence electrons. The first-order chi connectivity index (χ1) is 7.68. The molecule has 1 aliphatic heterocycles. The lowest BCUT2D eigenvalue weighted by Gasteiger charge is -2.28. The summed E-state index contributed by atoms with van der Waals surface area (Å²) in [6.07, 6.45) is 0. The number of hydrogen-bond acceptors (Lipinski definition) is 4. The van der Waals surface area contributed by atoms with Crippen LogP contribution in [0.15, 0.2) is 18.2 Å². The van der Waals surface area contributed by atoms with E-state index in [9.17, 15) is 10.1 Å². The number of halogens is 1. The van der Waals surface area contributed by atoms with Crippen molar-refractivity contribution >= 4 is 23.0 Å². The molecule has 1 aliphatic rings. The lowest BCUT2D eigenvalue weighted by Crippen LogP contribution is -2.36. The molecule has 16 heavy (non-hydrogen) atoms. The van der Waals surface area contributed by atoms with Crippen molar-refractivity contribution in [3.8, 4) is 0 Å². The van der Waals surface area contributed by atoms with Gasteiger partial charge in [0.25, 0.3) is 5.69 Å². The summed E-state index contributed by atoms with van der Waals surface area (Å²) in [4.78, 5) is 12.3. The molecule has 0 aliphatic carbocycles. The number of benzene rings is 1. The second-order valence-corrected chi connectivity index (χ2v) is 3.90. The summed E-state index contributed by atoms with van der Waals surface area (Å²) in [5, 5.41) is 10.9. The van der Waals surface area contributed by atoms with Gasteiger partial charge in [0.2, 0.25) is 0 Å². The Balaban J connectivity index is 2.27. The van der Waals surface area contributed by atoms with Crippen molar-refractivity contribution in [1.82, 2.24) is 0 Å². The molecule has 1 saturated heterocycles. The third-order valence-corrected chi connectivity index (χ3v) is 2.82. The molecule has 2 rings (SSSR count). The van der Waals surface area contributed by atoms with Gasteiger partial charge in [0.05, 0.1) is 18.1 Å². The van der Waals surface area contributed by atoms with Crippen molar-refractivity contribution in [2.24, 2.45) is 0 Å². The molecule has 0 aromatic heterocycles. The number of hydrogen-bond donors (Lipinski definition) is 0. The summed E-state index contributed by atoms with van der Waals surface area (Å²) in [6.45, 7) is 2.80. The highest BCUT2D eigenvalue weighted by Gasteiger charge is 2.17. The number of ether oxygens (including phenoxy) is 1.